The van der Waals surface area contributed by atoms with Crippen LogP contribution < -0.4 is 15.8 Å². The van der Waals surface area contributed by atoms with Crippen molar-refractivity contribution in [2.45, 2.75) is 83.5 Å². The van der Waals surface area contributed by atoms with E-state index in [1.165, 1.54) is 5.56 Å². The van der Waals surface area contributed by atoms with Crippen LogP contribution in [-0.4, -0.2) is 44.9 Å². The first kappa shape index (κ1) is 33.0. The molecule has 0 aliphatic carbocycles. The minimum Gasteiger partial charge on any atom is -0.504 e. The normalized spacial score (nSPS) is 23.0. The molecule has 7 rings (SSSR count). The molecule has 8 heteroatoms. The summed E-state index contributed by atoms with van der Waals surface area (Å²) < 4.78 is 15.1. The van der Waals surface area contributed by atoms with Gasteiger partial charge in [0.1, 0.15) is 12.4 Å². The van der Waals surface area contributed by atoms with Crippen molar-refractivity contribution in [3.8, 4) is 23.3 Å². The monoisotopic (exact) mass is 659 g/mol. The molecule has 0 fully saturated rings. The van der Waals surface area contributed by atoms with Gasteiger partial charge in [0.2, 0.25) is 0 Å². The average molecular weight is 660 g/mol. The number of nitrogens with one attached hydrogen (secondary N) is 1. The largest absolute Gasteiger partial charge is 0.504 e. The van der Waals surface area contributed by atoms with Gasteiger partial charge in [-0.15, -0.1) is 0 Å². The molecule has 0 spiro atoms. The maximum Gasteiger partial charge on any atom is 0.161 e. The van der Waals surface area contributed by atoms with Crippen molar-refractivity contribution >= 4 is 16.6 Å². The summed E-state index contributed by atoms with van der Waals surface area (Å²) in [5.74, 6) is 8.24. The highest BCUT2D eigenvalue weighted by Gasteiger charge is 2.25. The number of aromatic nitrogens is 1. The maximum absolute atomic E-state index is 11.2. The molecule has 3 aliphatic rings. The lowest BCUT2D eigenvalue weighted by Gasteiger charge is -2.28. The summed E-state index contributed by atoms with van der Waals surface area (Å²) in [5.41, 5.74) is 13.1. The number of aliphatic hydroxyl groups is 2. The molecule has 0 amide bonds. The zero-order chi connectivity index (χ0) is 33.9. The first-order valence-electron chi connectivity index (χ1n) is 17.4. The van der Waals surface area contributed by atoms with Crippen LogP contribution in [0.3, 0.4) is 0 Å². The van der Waals surface area contributed by atoms with Gasteiger partial charge in [-0.1, -0.05) is 55.2 Å². The summed E-state index contributed by atoms with van der Waals surface area (Å²) >= 11 is 0. The summed E-state index contributed by atoms with van der Waals surface area (Å²) in [7, 11) is 0. The van der Waals surface area contributed by atoms with Gasteiger partial charge in [0.05, 0.1) is 31.6 Å². The molecular formula is C41H45N3O5. The fourth-order valence-corrected chi connectivity index (χ4v) is 7.21. The van der Waals surface area contributed by atoms with Crippen molar-refractivity contribution in [1.82, 2.24) is 9.88 Å². The van der Waals surface area contributed by atoms with Crippen molar-refractivity contribution < 1.29 is 24.8 Å². The predicted octanol–water partition coefficient (Wildman–Crippen LogP) is 5.90. The molecule has 254 valence electrons. The van der Waals surface area contributed by atoms with Crippen LogP contribution in [0.5, 0.6) is 11.5 Å². The van der Waals surface area contributed by atoms with Crippen LogP contribution in [0.25, 0.3) is 16.6 Å². The van der Waals surface area contributed by atoms with Gasteiger partial charge in [-0.2, -0.15) is 0 Å². The number of aliphatic hydroxyl groups excluding tert-OH is 2. The molecule has 0 saturated heterocycles. The van der Waals surface area contributed by atoms with E-state index in [1.807, 2.05) is 12.1 Å². The van der Waals surface area contributed by atoms with E-state index in [-0.39, 0.29) is 31.0 Å². The second-order valence-corrected chi connectivity index (χ2v) is 13.7. The van der Waals surface area contributed by atoms with E-state index < -0.39 is 12.3 Å². The Hall–Kier alpha value is -4.52. The molecule has 6 bridgehead atoms. The number of aromatic hydroxyl groups is 1. The number of phenols is 1. The van der Waals surface area contributed by atoms with Gasteiger partial charge in [0.25, 0.3) is 0 Å². The Morgan fingerprint density at radius 1 is 1.00 bits per heavy atom. The molecule has 0 radical (unpaired) electrons. The van der Waals surface area contributed by atoms with Crippen LogP contribution in [0.1, 0.15) is 66.8 Å². The summed E-state index contributed by atoms with van der Waals surface area (Å²) in [6.07, 6.45) is 9.93. The van der Waals surface area contributed by atoms with Gasteiger partial charge in [-0.3, -0.25) is 0 Å². The van der Waals surface area contributed by atoms with Gasteiger partial charge < -0.3 is 40.4 Å². The quantitative estimate of drug-likeness (QED) is 0.174. The second kappa shape index (κ2) is 14.5. The summed E-state index contributed by atoms with van der Waals surface area (Å²) in [5, 5.41) is 37.8. The average Bonchev–Trinajstić information content (AvgIpc) is 3.51. The third-order valence-electron chi connectivity index (χ3n) is 9.87. The number of phenolic OH excluding ortho intramolecular Hbond substituents is 1. The Morgan fingerprint density at radius 2 is 1.86 bits per heavy atom. The number of benzene rings is 3. The van der Waals surface area contributed by atoms with E-state index >= 15 is 0 Å². The molecule has 0 saturated carbocycles. The van der Waals surface area contributed by atoms with Crippen molar-refractivity contribution in [1.29, 1.82) is 0 Å². The first-order chi connectivity index (χ1) is 23.8. The molecule has 4 aromatic rings. The van der Waals surface area contributed by atoms with Gasteiger partial charge in [-0.25, -0.2) is 0 Å². The van der Waals surface area contributed by atoms with E-state index in [9.17, 15) is 15.3 Å². The highest BCUT2D eigenvalue weighted by Crippen LogP contribution is 2.34. The fourth-order valence-electron chi connectivity index (χ4n) is 7.21. The SMILES string of the molecule is CC1C#CC2=CC(N)NC3=C2COC(CCC1)CC(O)CCc1cc(c(O)cc1CO)OCc1cc(Cc2ccccc2)cc2cn3cc12. The van der Waals surface area contributed by atoms with Gasteiger partial charge >= 0.3 is 0 Å². The zero-order valence-corrected chi connectivity index (χ0v) is 28.0. The van der Waals surface area contributed by atoms with Crippen molar-refractivity contribution in [3.05, 3.63) is 112 Å². The Balaban J connectivity index is 1.38. The second-order valence-electron chi connectivity index (χ2n) is 13.7. The van der Waals surface area contributed by atoms with Crippen LogP contribution in [-0.2, 0) is 30.8 Å². The minimum atomic E-state index is -0.610. The lowest BCUT2D eigenvalue weighted by molar-refractivity contribution is 0.0167. The Bertz CT molecular complexity index is 1950. The molecule has 4 atom stereocenters. The van der Waals surface area contributed by atoms with Crippen LogP contribution in [0.4, 0.5) is 0 Å². The molecule has 6 N–H and O–H groups in total. The number of ether oxygens (including phenoxy) is 2. The Labute approximate surface area is 287 Å². The third kappa shape index (κ3) is 7.56. The molecule has 49 heavy (non-hydrogen) atoms. The number of nitrogens with two attached hydrogens (primary N) is 1. The number of dihydropyridines is 1. The van der Waals surface area contributed by atoms with E-state index in [2.05, 4.69) is 77.4 Å². The van der Waals surface area contributed by atoms with E-state index in [1.54, 1.807) is 12.1 Å². The molecule has 1 aromatic heterocycles. The Morgan fingerprint density at radius 3 is 2.69 bits per heavy atom. The highest BCUT2D eigenvalue weighted by atomic mass is 16.5. The number of aryl methyl sites for hydroxylation is 1. The van der Waals surface area contributed by atoms with E-state index in [0.717, 1.165) is 70.1 Å². The maximum atomic E-state index is 11.2. The highest BCUT2D eigenvalue weighted by molar-refractivity contribution is 5.88. The predicted molar refractivity (Wildman–Crippen MR) is 191 cm³/mol. The minimum absolute atomic E-state index is 0.0270. The topological polar surface area (TPSA) is 122 Å². The number of hydrogen-bond acceptors (Lipinski definition) is 7. The van der Waals surface area contributed by atoms with E-state index in [4.69, 9.17) is 15.2 Å². The molecule has 8 nitrogen and oxygen atoms in total. The standard InChI is InChI=1S/C41H45N3O5/c1-26-6-5-9-35-20-34(46)13-12-29-18-39(38(47)17-32(29)23-45)49-24-33-16-28(14-27-7-3-2-4-8-27)15-31-21-44(22-36(31)33)41-37(25-48-35)30(11-10-26)19-40(42)43-41/h2-4,7-8,15-19,21-22,26,34-35,40,43,45-47H,5-6,9,12-14,20,23-25,42H2,1H3. The van der Waals surface area contributed by atoms with Crippen molar-refractivity contribution in [2.24, 2.45) is 11.7 Å². The molecular weight excluding hydrogens is 614 g/mol. The summed E-state index contributed by atoms with van der Waals surface area (Å²) in [6, 6.07) is 18.1. The van der Waals surface area contributed by atoms with Gasteiger partial charge in [0.15, 0.2) is 11.5 Å². The Kier molecular flexibility index (Phi) is 9.79. The van der Waals surface area contributed by atoms with Crippen molar-refractivity contribution in [3.63, 3.8) is 0 Å². The lowest BCUT2D eigenvalue weighted by Crippen LogP contribution is -2.40. The summed E-state index contributed by atoms with van der Waals surface area (Å²) in [6.45, 7) is 2.48. The zero-order valence-electron chi connectivity index (χ0n) is 28.0. The fraction of sp³-hybridized carbons (Fsp3) is 0.366. The molecule has 3 aromatic carbocycles. The lowest BCUT2D eigenvalue weighted by atomic mass is 9.96. The number of nitrogens with zero attached hydrogens (tertiary/aromatic N) is 1. The first-order valence-corrected chi connectivity index (χ1v) is 17.4. The van der Waals surface area contributed by atoms with Gasteiger partial charge in [0, 0.05) is 40.2 Å². The molecule has 4 unspecified atom stereocenters. The third-order valence-corrected chi connectivity index (χ3v) is 9.87. The molecule has 3 aliphatic heterocycles. The number of rotatable bonds is 3. The van der Waals surface area contributed by atoms with Crippen LogP contribution in [0.15, 0.2) is 84.2 Å². The van der Waals surface area contributed by atoms with Crippen molar-refractivity contribution in [2.75, 3.05) is 6.61 Å². The number of hydrogen-bond donors (Lipinski definition) is 5. The smallest absolute Gasteiger partial charge is 0.161 e. The van der Waals surface area contributed by atoms with E-state index in [0.29, 0.717) is 37.2 Å². The van der Waals surface area contributed by atoms with Gasteiger partial charge in [-0.05, 0) is 97.0 Å². The number of fused-ring (bicyclic) bond motifs is 6. The van der Waals surface area contributed by atoms with Crippen LogP contribution in [0.2, 0.25) is 0 Å². The summed E-state index contributed by atoms with van der Waals surface area (Å²) in [4.78, 5) is 0. The van der Waals surface area contributed by atoms with Crippen LogP contribution >= 0.6 is 0 Å². The molecule has 4 heterocycles. The van der Waals surface area contributed by atoms with Crippen LogP contribution in [0, 0.1) is 17.8 Å².